The van der Waals surface area contributed by atoms with Gasteiger partial charge in [-0.2, -0.15) is 0 Å². The second kappa shape index (κ2) is 6.47. The van der Waals surface area contributed by atoms with E-state index >= 15 is 0 Å². The van der Waals surface area contributed by atoms with Gasteiger partial charge in [-0.15, -0.1) is 0 Å². The van der Waals surface area contributed by atoms with E-state index in [4.69, 9.17) is 20.3 Å². The summed E-state index contributed by atoms with van der Waals surface area (Å²) in [6, 6.07) is 13.4. The SMILES string of the molecule is Nc1ccccc1OCC(=O)OCc1ccc(O)cc1. The second-order valence-corrected chi connectivity index (χ2v) is 4.15. The number of esters is 1. The number of carbonyl (C=O) groups excluding carboxylic acids is 1. The molecular formula is C15H15NO4. The van der Waals surface area contributed by atoms with Crippen molar-refractivity contribution in [2.24, 2.45) is 0 Å². The molecule has 2 rings (SSSR count). The van der Waals surface area contributed by atoms with Gasteiger partial charge in [-0.3, -0.25) is 0 Å². The predicted octanol–water partition coefficient (Wildman–Crippen LogP) is 2.10. The maximum Gasteiger partial charge on any atom is 0.344 e. The quantitative estimate of drug-likeness (QED) is 0.644. The van der Waals surface area contributed by atoms with Crippen molar-refractivity contribution in [3.8, 4) is 11.5 Å². The lowest BCUT2D eigenvalue weighted by atomic mass is 10.2. The Morgan fingerprint density at radius 3 is 2.50 bits per heavy atom. The minimum absolute atomic E-state index is 0.132. The summed E-state index contributed by atoms with van der Waals surface area (Å²) < 4.78 is 10.3. The zero-order valence-electron chi connectivity index (χ0n) is 10.8. The third-order valence-electron chi connectivity index (χ3n) is 2.60. The lowest BCUT2D eigenvalue weighted by molar-refractivity contribution is -0.147. The van der Waals surface area contributed by atoms with Crippen molar-refractivity contribution >= 4 is 11.7 Å². The van der Waals surface area contributed by atoms with Crippen molar-refractivity contribution < 1.29 is 19.4 Å². The van der Waals surface area contributed by atoms with Crippen LogP contribution in [0.2, 0.25) is 0 Å². The van der Waals surface area contributed by atoms with Crippen molar-refractivity contribution in [1.82, 2.24) is 0 Å². The Kier molecular flexibility index (Phi) is 4.44. The highest BCUT2D eigenvalue weighted by atomic mass is 16.6. The van der Waals surface area contributed by atoms with Crippen molar-refractivity contribution in [1.29, 1.82) is 0 Å². The van der Waals surface area contributed by atoms with Crippen LogP contribution in [0.4, 0.5) is 5.69 Å². The van der Waals surface area contributed by atoms with E-state index in [-0.39, 0.29) is 19.0 Å². The van der Waals surface area contributed by atoms with Crippen LogP contribution in [0.1, 0.15) is 5.56 Å². The summed E-state index contributed by atoms with van der Waals surface area (Å²) in [7, 11) is 0. The van der Waals surface area contributed by atoms with Crippen molar-refractivity contribution in [3.05, 3.63) is 54.1 Å². The van der Waals surface area contributed by atoms with Crippen LogP contribution in [-0.4, -0.2) is 17.7 Å². The largest absolute Gasteiger partial charge is 0.508 e. The topological polar surface area (TPSA) is 81.8 Å². The fourth-order valence-electron chi connectivity index (χ4n) is 1.55. The minimum Gasteiger partial charge on any atom is -0.508 e. The Bertz CT molecular complexity index is 581. The molecule has 0 amide bonds. The maximum atomic E-state index is 11.5. The maximum absolute atomic E-state index is 11.5. The first-order valence-electron chi connectivity index (χ1n) is 6.06. The third kappa shape index (κ3) is 3.91. The molecule has 0 radical (unpaired) electrons. The highest BCUT2D eigenvalue weighted by Crippen LogP contribution is 2.19. The van der Waals surface area contributed by atoms with Crippen LogP contribution in [0.25, 0.3) is 0 Å². The zero-order chi connectivity index (χ0) is 14.4. The molecule has 3 N–H and O–H groups in total. The Morgan fingerprint density at radius 1 is 1.10 bits per heavy atom. The lowest BCUT2D eigenvalue weighted by Gasteiger charge is -2.08. The molecule has 0 saturated heterocycles. The summed E-state index contributed by atoms with van der Waals surface area (Å²) in [5, 5.41) is 9.13. The summed E-state index contributed by atoms with van der Waals surface area (Å²) in [5.74, 6) is 0.137. The van der Waals surface area contributed by atoms with E-state index in [2.05, 4.69) is 0 Å². The number of hydrogen-bond acceptors (Lipinski definition) is 5. The molecule has 0 atom stereocenters. The van der Waals surface area contributed by atoms with E-state index in [0.29, 0.717) is 11.4 Å². The smallest absolute Gasteiger partial charge is 0.344 e. The van der Waals surface area contributed by atoms with Gasteiger partial charge in [0.1, 0.15) is 18.1 Å². The summed E-state index contributed by atoms with van der Waals surface area (Å²) >= 11 is 0. The highest BCUT2D eigenvalue weighted by molar-refractivity contribution is 5.71. The molecule has 0 aliphatic heterocycles. The number of anilines is 1. The van der Waals surface area contributed by atoms with Crippen LogP contribution in [-0.2, 0) is 16.1 Å². The first-order chi connectivity index (χ1) is 9.65. The average molecular weight is 273 g/mol. The van der Waals surface area contributed by atoms with Crippen LogP contribution in [0.5, 0.6) is 11.5 Å². The Morgan fingerprint density at radius 2 is 1.80 bits per heavy atom. The van der Waals surface area contributed by atoms with Crippen LogP contribution < -0.4 is 10.5 Å². The molecule has 20 heavy (non-hydrogen) atoms. The van der Waals surface area contributed by atoms with Gasteiger partial charge < -0.3 is 20.3 Å². The molecule has 0 aliphatic carbocycles. The molecule has 0 bridgehead atoms. The number of ether oxygens (including phenoxy) is 2. The summed E-state index contributed by atoms with van der Waals surface area (Å²) in [4.78, 5) is 11.5. The van der Waals surface area contributed by atoms with Crippen LogP contribution in [0.15, 0.2) is 48.5 Å². The van der Waals surface area contributed by atoms with E-state index in [9.17, 15) is 4.79 Å². The molecule has 0 aliphatic rings. The second-order valence-electron chi connectivity index (χ2n) is 4.15. The number of benzene rings is 2. The predicted molar refractivity (Wildman–Crippen MR) is 74.3 cm³/mol. The molecule has 0 spiro atoms. The molecule has 2 aromatic carbocycles. The molecule has 104 valence electrons. The molecule has 2 aromatic rings. The van der Waals surface area contributed by atoms with Gasteiger partial charge in [-0.05, 0) is 29.8 Å². The van der Waals surface area contributed by atoms with Crippen molar-refractivity contribution in [3.63, 3.8) is 0 Å². The molecule has 0 heterocycles. The van der Waals surface area contributed by atoms with Crippen molar-refractivity contribution in [2.45, 2.75) is 6.61 Å². The van der Waals surface area contributed by atoms with Gasteiger partial charge in [-0.25, -0.2) is 4.79 Å². The summed E-state index contributed by atoms with van der Waals surface area (Å²) in [5.41, 5.74) is 6.94. The Hall–Kier alpha value is -2.69. The van der Waals surface area contributed by atoms with Gasteiger partial charge in [-0.1, -0.05) is 24.3 Å². The summed E-state index contributed by atoms with van der Waals surface area (Å²) in [6.07, 6.45) is 0. The van der Waals surface area contributed by atoms with Crippen LogP contribution in [0.3, 0.4) is 0 Å². The lowest BCUT2D eigenvalue weighted by Crippen LogP contribution is -2.15. The number of phenolic OH excluding ortho intramolecular Hbond substituents is 1. The number of rotatable bonds is 5. The van der Waals surface area contributed by atoms with Gasteiger partial charge in [0.05, 0.1) is 5.69 Å². The first kappa shape index (κ1) is 13.7. The number of phenols is 1. The van der Waals surface area contributed by atoms with E-state index in [1.54, 1.807) is 36.4 Å². The fraction of sp³-hybridized carbons (Fsp3) is 0.133. The van der Waals surface area contributed by atoms with Crippen molar-refractivity contribution in [2.75, 3.05) is 12.3 Å². The summed E-state index contributed by atoms with van der Waals surface area (Å²) in [6.45, 7) is -0.0704. The van der Waals surface area contributed by atoms with Gasteiger partial charge in [0.25, 0.3) is 0 Å². The highest BCUT2D eigenvalue weighted by Gasteiger charge is 2.06. The first-order valence-corrected chi connectivity index (χ1v) is 6.06. The fourth-order valence-corrected chi connectivity index (χ4v) is 1.55. The molecule has 0 fully saturated rings. The molecule has 5 heteroatoms. The number of aromatic hydroxyl groups is 1. The van der Waals surface area contributed by atoms with E-state index in [0.717, 1.165) is 5.56 Å². The molecule has 0 unspecified atom stereocenters. The number of nitrogens with two attached hydrogens (primary N) is 1. The van der Waals surface area contributed by atoms with Crippen LogP contribution in [0, 0.1) is 0 Å². The number of nitrogen functional groups attached to an aromatic ring is 1. The standard InChI is InChI=1S/C15H15NO4/c16-13-3-1-2-4-14(13)19-10-15(18)20-9-11-5-7-12(17)8-6-11/h1-8,17H,9-10,16H2. The van der Waals surface area contributed by atoms with Gasteiger partial charge >= 0.3 is 5.97 Å². The molecule has 0 saturated carbocycles. The monoisotopic (exact) mass is 273 g/mol. The van der Waals surface area contributed by atoms with Gasteiger partial charge in [0.15, 0.2) is 6.61 Å². The van der Waals surface area contributed by atoms with Gasteiger partial charge in [0, 0.05) is 0 Å². The van der Waals surface area contributed by atoms with E-state index in [1.165, 1.54) is 12.1 Å². The molecule has 0 aromatic heterocycles. The van der Waals surface area contributed by atoms with Gasteiger partial charge in [0.2, 0.25) is 0 Å². The normalized spacial score (nSPS) is 10.0. The third-order valence-corrected chi connectivity index (χ3v) is 2.60. The van der Waals surface area contributed by atoms with E-state index in [1.807, 2.05) is 0 Å². The molecule has 5 nitrogen and oxygen atoms in total. The zero-order valence-corrected chi connectivity index (χ0v) is 10.8. The minimum atomic E-state index is -0.485. The Balaban J connectivity index is 1.78. The van der Waals surface area contributed by atoms with Crippen LogP contribution >= 0.6 is 0 Å². The number of hydrogen-bond donors (Lipinski definition) is 2. The number of para-hydroxylation sites is 2. The molecular weight excluding hydrogens is 258 g/mol. The average Bonchev–Trinajstić information content (AvgIpc) is 2.46. The van der Waals surface area contributed by atoms with E-state index < -0.39 is 5.97 Å². The Labute approximate surface area is 116 Å². The number of carbonyl (C=O) groups is 1.